The highest BCUT2D eigenvalue weighted by molar-refractivity contribution is 6.01. The van der Waals surface area contributed by atoms with E-state index in [1.807, 2.05) is 44.2 Å². The van der Waals surface area contributed by atoms with Crippen molar-refractivity contribution in [1.82, 2.24) is 5.32 Å². The molecule has 1 heterocycles. The fourth-order valence-corrected chi connectivity index (χ4v) is 4.40. The fourth-order valence-electron chi connectivity index (χ4n) is 4.40. The lowest BCUT2D eigenvalue weighted by molar-refractivity contribution is -0.175. The number of benzene rings is 2. The molecule has 1 fully saturated rings. The predicted molar refractivity (Wildman–Crippen MR) is 143 cm³/mol. The molecule has 1 saturated heterocycles. The van der Waals surface area contributed by atoms with Crippen LogP contribution in [-0.4, -0.2) is 59.7 Å². The van der Waals surface area contributed by atoms with Gasteiger partial charge in [0.05, 0.1) is 11.3 Å². The Morgan fingerprint density at radius 2 is 1.68 bits per heavy atom. The second-order valence-corrected chi connectivity index (χ2v) is 10.0. The molecular formula is C29H34N2O9. The normalized spacial score (nSPS) is 23.1. The molecule has 5 atom stereocenters. The van der Waals surface area contributed by atoms with Crippen LogP contribution in [0.15, 0.2) is 48.5 Å². The molecule has 0 unspecified atom stereocenters. The van der Waals surface area contributed by atoms with Gasteiger partial charge >= 0.3 is 17.9 Å². The van der Waals surface area contributed by atoms with Crippen molar-refractivity contribution in [3.05, 3.63) is 59.7 Å². The van der Waals surface area contributed by atoms with Crippen molar-refractivity contribution in [3.8, 4) is 5.75 Å². The molecule has 11 heteroatoms. The van der Waals surface area contributed by atoms with Gasteiger partial charge in [-0.05, 0) is 43.9 Å². The van der Waals surface area contributed by atoms with Gasteiger partial charge in [0.2, 0.25) is 6.41 Å². The SMILES string of the molecule is CC(C)CC(=O)O[C@H]1[C@H](C)OC(=O)[C@H](NC(=O)c2cccc(NC=O)c2O)[C@@H](C)OC(=O)[C@@H]1Cc1ccccc1. The van der Waals surface area contributed by atoms with Crippen LogP contribution in [0.25, 0.3) is 0 Å². The van der Waals surface area contributed by atoms with E-state index in [1.165, 1.54) is 32.0 Å². The zero-order valence-corrected chi connectivity index (χ0v) is 22.8. The number of anilines is 1. The van der Waals surface area contributed by atoms with Crippen LogP contribution in [0.2, 0.25) is 0 Å². The minimum atomic E-state index is -1.46. The van der Waals surface area contributed by atoms with Crippen LogP contribution < -0.4 is 10.6 Å². The van der Waals surface area contributed by atoms with E-state index in [2.05, 4.69) is 10.6 Å². The van der Waals surface area contributed by atoms with Crippen molar-refractivity contribution >= 4 is 35.9 Å². The first kappa shape index (κ1) is 30.1. The molecule has 3 N–H and O–H groups in total. The largest absolute Gasteiger partial charge is 0.505 e. The molecule has 0 aliphatic carbocycles. The van der Waals surface area contributed by atoms with Gasteiger partial charge in [-0.3, -0.25) is 19.2 Å². The number of rotatable bonds is 9. The third-order valence-corrected chi connectivity index (χ3v) is 6.41. The summed E-state index contributed by atoms with van der Waals surface area (Å²) in [6, 6.07) is 11.7. The van der Waals surface area contributed by atoms with E-state index < -0.39 is 59.8 Å². The maximum atomic E-state index is 13.5. The number of hydrogen-bond acceptors (Lipinski definition) is 9. The quantitative estimate of drug-likeness (QED) is 0.183. The molecule has 2 amide bonds. The van der Waals surface area contributed by atoms with Crippen molar-refractivity contribution < 1.29 is 43.3 Å². The third kappa shape index (κ3) is 7.58. The predicted octanol–water partition coefficient (Wildman–Crippen LogP) is 2.75. The van der Waals surface area contributed by atoms with Gasteiger partial charge in [-0.15, -0.1) is 0 Å². The second-order valence-electron chi connectivity index (χ2n) is 10.0. The lowest BCUT2D eigenvalue weighted by Crippen LogP contribution is -2.50. The van der Waals surface area contributed by atoms with Crippen LogP contribution in [-0.2, 0) is 39.8 Å². The van der Waals surface area contributed by atoms with Crippen LogP contribution in [0.4, 0.5) is 5.69 Å². The average Bonchev–Trinajstić information content (AvgIpc) is 2.92. The summed E-state index contributed by atoms with van der Waals surface area (Å²) in [4.78, 5) is 63.2. The van der Waals surface area contributed by atoms with Crippen molar-refractivity contribution in [2.75, 3.05) is 5.32 Å². The van der Waals surface area contributed by atoms with Gasteiger partial charge in [0, 0.05) is 6.42 Å². The molecule has 214 valence electrons. The number of phenolic OH excluding ortho intramolecular Hbond substituents is 1. The van der Waals surface area contributed by atoms with Crippen molar-refractivity contribution in [2.45, 2.75) is 64.9 Å². The number of aromatic hydroxyl groups is 1. The molecule has 0 radical (unpaired) electrons. The molecule has 0 saturated carbocycles. The van der Waals surface area contributed by atoms with E-state index in [4.69, 9.17) is 14.2 Å². The minimum absolute atomic E-state index is 0.00233. The smallest absolute Gasteiger partial charge is 0.332 e. The number of carbonyl (C=O) groups is 5. The highest BCUT2D eigenvalue weighted by Crippen LogP contribution is 2.28. The molecule has 1 aliphatic heterocycles. The number of ether oxygens (including phenoxy) is 3. The summed E-state index contributed by atoms with van der Waals surface area (Å²) in [5.41, 5.74) is 0.542. The third-order valence-electron chi connectivity index (χ3n) is 6.41. The molecule has 1 aliphatic rings. The van der Waals surface area contributed by atoms with Gasteiger partial charge in [0.25, 0.3) is 5.91 Å². The number of hydrogen-bond donors (Lipinski definition) is 3. The monoisotopic (exact) mass is 554 g/mol. The Hall–Kier alpha value is -4.41. The topological polar surface area (TPSA) is 157 Å². The van der Waals surface area contributed by atoms with Gasteiger partial charge in [-0.1, -0.05) is 50.2 Å². The minimum Gasteiger partial charge on any atom is -0.505 e. The molecule has 3 rings (SSSR count). The summed E-state index contributed by atoms with van der Waals surface area (Å²) in [6.45, 7) is 6.62. The lowest BCUT2D eigenvalue weighted by atomic mass is 9.91. The number of cyclic esters (lactones) is 2. The molecular weight excluding hydrogens is 520 g/mol. The van der Waals surface area contributed by atoms with Crippen LogP contribution in [0.3, 0.4) is 0 Å². The molecule has 11 nitrogen and oxygen atoms in total. The Kier molecular flexibility index (Phi) is 10.2. The summed E-state index contributed by atoms with van der Waals surface area (Å²) in [7, 11) is 0. The fraction of sp³-hybridized carbons (Fsp3) is 0.414. The molecule has 2 aromatic carbocycles. The first-order valence-electron chi connectivity index (χ1n) is 13.0. The zero-order chi connectivity index (χ0) is 29.4. The lowest BCUT2D eigenvalue weighted by Gasteiger charge is -2.29. The number of amides is 2. The molecule has 2 aromatic rings. The van der Waals surface area contributed by atoms with E-state index in [9.17, 15) is 29.1 Å². The average molecular weight is 555 g/mol. The molecule has 40 heavy (non-hydrogen) atoms. The van der Waals surface area contributed by atoms with E-state index in [0.29, 0.717) is 6.41 Å². The van der Waals surface area contributed by atoms with E-state index in [0.717, 1.165) is 5.56 Å². The first-order valence-corrected chi connectivity index (χ1v) is 13.0. The van der Waals surface area contributed by atoms with Gasteiger partial charge in [0.15, 0.2) is 17.9 Å². The summed E-state index contributed by atoms with van der Waals surface area (Å²) >= 11 is 0. The van der Waals surface area contributed by atoms with Gasteiger partial charge < -0.3 is 30.0 Å². The van der Waals surface area contributed by atoms with Crippen molar-refractivity contribution in [1.29, 1.82) is 0 Å². The zero-order valence-electron chi connectivity index (χ0n) is 22.8. The highest BCUT2D eigenvalue weighted by atomic mass is 16.6. The Balaban J connectivity index is 1.92. The molecule has 0 aromatic heterocycles. The standard InChI is InChI=1S/C29H34N2O9/c1-16(2)13-23(33)40-26-18(4)39-29(37)24(31-27(35)20-11-8-12-22(25(20)34)30-15-32)17(3)38-28(36)21(26)14-19-9-6-5-7-10-19/h5-12,15-18,21,24,26,34H,13-14H2,1-4H3,(H,30,32)(H,31,35)/t17-,18+,21-,24-,26+/m1/s1. The number of para-hydroxylation sites is 1. The summed E-state index contributed by atoms with van der Waals surface area (Å²) in [5, 5.41) is 15.1. The van der Waals surface area contributed by atoms with Crippen LogP contribution >= 0.6 is 0 Å². The maximum absolute atomic E-state index is 13.5. The summed E-state index contributed by atoms with van der Waals surface area (Å²) < 4.78 is 17.0. The van der Waals surface area contributed by atoms with Gasteiger partial charge in [-0.25, -0.2) is 4.79 Å². The van der Waals surface area contributed by atoms with E-state index >= 15 is 0 Å². The Bertz CT molecular complexity index is 1230. The Morgan fingerprint density at radius 3 is 2.33 bits per heavy atom. The number of nitrogens with one attached hydrogen (secondary N) is 2. The Labute approximate surface area is 232 Å². The number of esters is 3. The summed E-state index contributed by atoms with van der Waals surface area (Å²) in [5.74, 6) is -4.60. The van der Waals surface area contributed by atoms with Crippen LogP contribution in [0, 0.1) is 11.8 Å². The van der Waals surface area contributed by atoms with Crippen molar-refractivity contribution in [3.63, 3.8) is 0 Å². The maximum Gasteiger partial charge on any atom is 0.332 e. The van der Waals surface area contributed by atoms with Gasteiger partial charge in [-0.2, -0.15) is 0 Å². The first-order chi connectivity index (χ1) is 19.0. The van der Waals surface area contributed by atoms with E-state index in [-0.39, 0.29) is 30.0 Å². The second kappa shape index (κ2) is 13.6. The van der Waals surface area contributed by atoms with Crippen LogP contribution in [0.1, 0.15) is 50.0 Å². The van der Waals surface area contributed by atoms with Crippen LogP contribution in [0.5, 0.6) is 5.75 Å². The van der Waals surface area contributed by atoms with Crippen molar-refractivity contribution in [2.24, 2.45) is 11.8 Å². The van der Waals surface area contributed by atoms with Gasteiger partial charge in [0.1, 0.15) is 18.1 Å². The molecule has 0 spiro atoms. The highest BCUT2D eigenvalue weighted by Gasteiger charge is 2.44. The summed E-state index contributed by atoms with van der Waals surface area (Å²) in [6.07, 6.45) is -2.82. The van der Waals surface area contributed by atoms with E-state index in [1.54, 1.807) is 0 Å². The number of carbonyl (C=O) groups excluding carboxylic acids is 5. The molecule has 0 bridgehead atoms. The Morgan fingerprint density at radius 1 is 1.00 bits per heavy atom. The number of phenols is 1.